The Bertz CT molecular complexity index is 433. The molecule has 0 aromatic heterocycles. The Hall–Kier alpha value is -0.380. The number of hydrogen-bond donors (Lipinski definition) is 2. The molecular weight excluding hydrogens is 324 g/mol. The van der Waals surface area contributed by atoms with Gasteiger partial charge in [0.25, 0.3) is 0 Å². The molecule has 0 bridgehead atoms. The van der Waals surface area contributed by atoms with E-state index in [2.05, 4.69) is 40.2 Å². The van der Waals surface area contributed by atoms with Crippen LogP contribution in [0, 0.1) is 0 Å². The van der Waals surface area contributed by atoms with Crippen LogP contribution in [0.25, 0.3) is 0 Å². The highest BCUT2D eigenvalue weighted by molar-refractivity contribution is 9.10. The van der Waals surface area contributed by atoms with Gasteiger partial charge < -0.3 is 9.80 Å². The molecule has 1 aromatic rings. The van der Waals surface area contributed by atoms with Crippen LogP contribution in [0.4, 0.5) is 0 Å². The van der Waals surface area contributed by atoms with Crippen molar-refractivity contribution < 1.29 is 9.80 Å². The van der Waals surface area contributed by atoms with Gasteiger partial charge in [-0.25, -0.2) is 0 Å². The fraction of sp³-hybridized carbons (Fsp3) is 0.667. The SMILES string of the molecule is Brc1ccccc1C[NH+]1CCC([NH+]2CCCCCC2)CC1. The van der Waals surface area contributed by atoms with E-state index in [-0.39, 0.29) is 0 Å². The summed E-state index contributed by atoms with van der Waals surface area (Å²) < 4.78 is 1.28. The van der Waals surface area contributed by atoms with Crippen LogP contribution in [0.3, 0.4) is 0 Å². The zero-order chi connectivity index (χ0) is 14.5. The fourth-order valence-corrected chi connectivity index (χ4v) is 4.54. The Morgan fingerprint density at radius 3 is 2.24 bits per heavy atom. The van der Waals surface area contributed by atoms with E-state index < -0.39 is 0 Å². The summed E-state index contributed by atoms with van der Waals surface area (Å²) in [6, 6.07) is 9.66. The average Bonchev–Trinajstić information content (AvgIpc) is 2.80. The predicted molar refractivity (Wildman–Crippen MR) is 90.7 cm³/mol. The summed E-state index contributed by atoms with van der Waals surface area (Å²) in [5.74, 6) is 0. The maximum atomic E-state index is 3.69. The second kappa shape index (κ2) is 7.75. The van der Waals surface area contributed by atoms with Crippen LogP contribution < -0.4 is 9.80 Å². The minimum Gasteiger partial charge on any atom is -0.332 e. The van der Waals surface area contributed by atoms with Gasteiger partial charge in [-0.3, -0.25) is 0 Å². The lowest BCUT2D eigenvalue weighted by Crippen LogP contribution is -3.20. The lowest BCUT2D eigenvalue weighted by molar-refractivity contribution is -0.963. The topological polar surface area (TPSA) is 8.88 Å². The number of nitrogens with one attached hydrogen (secondary N) is 2. The average molecular weight is 353 g/mol. The minimum atomic E-state index is 0.950. The number of hydrogen-bond acceptors (Lipinski definition) is 0. The number of halogens is 1. The molecule has 2 nitrogen and oxygen atoms in total. The van der Waals surface area contributed by atoms with Crippen molar-refractivity contribution in [1.29, 1.82) is 0 Å². The van der Waals surface area contributed by atoms with E-state index >= 15 is 0 Å². The van der Waals surface area contributed by atoms with Crippen molar-refractivity contribution in [3.63, 3.8) is 0 Å². The molecule has 2 fully saturated rings. The Kier molecular flexibility index (Phi) is 5.73. The van der Waals surface area contributed by atoms with Gasteiger partial charge in [0.1, 0.15) is 6.54 Å². The maximum Gasteiger partial charge on any atom is 0.104 e. The third-order valence-corrected chi connectivity index (χ3v) is 6.19. The van der Waals surface area contributed by atoms with E-state index in [4.69, 9.17) is 0 Å². The lowest BCUT2D eigenvalue weighted by Gasteiger charge is -2.34. The molecule has 0 amide bonds. The van der Waals surface area contributed by atoms with Crippen LogP contribution in [0.2, 0.25) is 0 Å². The Balaban J connectivity index is 1.49. The highest BCUT2D eigenvalue weighted by atomic mass is 79.9. The predicted octanol–water partition coefficient (Wildman–Crippen LogP) is 1.46. The smallest absolute Gasteiger partial charge is 0.104 e. The van der Waals surface area contributed by atoms with Crippen molar-refractivity contribution in [3.8, 4) is 0 Å². The molecule has 3 heteroatoms. The summed E-state index contributed by atoms with van der Waals surface area (Å²) in [5, 5.41) is 0. The third kappa shape index (κ3) is 4.30. The van der Waals surface area contributed by atoms with Crippen LogP contribution in [-0.4, -0.2) is 32.2 Å². The second-order valence-electron chi connectivity index (χ2n) is 6.86. The number of piperidine rings is 1. The van der Waals surface area contributed by atoms with Gasteiger partial charge in [-0.15, -0.1) is 0 Å². The summed E-state index contributed by atoms with van der Waals surface area (Å²) in [6.45, 7) is 6.77. The van der Waals surface area contributed by atoms with Crippen molar-refractivity contribution >= 4 is 15.9 Å². The van der Waals surface area contributed by atoms with Crippen molar-refractivity contribution in [2.45, 2.75) is 51.1 Å². The molecule has 2 heterocycles. The molecule has 0 spiro atoms. The van der Waals surface area contributed by atoms with Gasteiger partial charge in [0.2, 0.25) is 0 Å². The van der Waals surface area contributed by atoms with Crippen LogP contribution in [0.15, 0.2) is 28.7 Å². The van der Waals surface area contributed by atoms with Gasteiger partial charge >= 0.3 is 0 Å². The molecular formula is C18H29BrN2+2. The first-order valence-corrected chi connectivity index (χ1v) is 9.54. The van der Waals surface area contributed by atoms with Crippen LogP contribution >= 0.6 is 15.9 Å². The number of likely N-dealkylation sites (tertiary alicyclic amines) is 2. The summed E-state index contributed by atoms with van der Waals surface area (Å²) in [7, 11) is 0. The number of benzene rings is 1. The molecule has 0 aliphatic carbocycles. The number of quaternary nitrogens is 2. The van der Waals surface area contributed by atoms with Gasteiger partial charge in [-0.1, -0.05) is 34.1 Å². The zero-order valence-electron chi connectivity index (χ0n) is 13.0. The first-order valence-electron chi connectivity index (χ1n) is 8.74. The van der Waals surface area contributed by atoms with E-state index in [1.807, 2.05) is 4.90 Å². The monoisotopic (exact) mass is 352 g/mol. The molecule has 1 aromatic carbocycles. The molecule has 0 unspecified atom stereocenters. The summed E-state index contributed by atoms with van der Waals surface area (Å²) in [4.78, 5) is 3.69. The van der Waals surface area contributed by atoms with Crippen LogP contribution in [0.1, 0.15) is 44.1 Å². The van der Waals surface area contributed by atoms with Crippen molar-refractivity contribution in [2.75, 3.05) is 26.2 Å². The van der Waals surface area contributed by atoms with E-state index in [0.29, 0.717) is 0 Å². The van der Waals surface area contributed by atoms with E-state index in [1.54, 1.807) is 4.90 Å². The van der Waals surface area contributed by atoms with Crippen LogP contribution in [0.5, 0.6) is 0 Å². The largest absolute Gasteiger partial charge is 0.332 e. The Labute approximate surface area is 137 Å². The van der Waals surface area contributed by atoms with Crippen LogP contribution in [-0.2, 0) is 6.54 Å². The Morgan fingerprint density at radius 2 is 1.57 bits per heavy atom. The number of rotatable bonds is 3. The van der Waals surface area contributed by atoms with Crippen molar-refractivity contribution in [1.82, 2.24) is 0 Å². The molecule has 2 N–H and O–H groups in total. The molecule has 21 heavy (non-hydrogen) atoms. The van der Waals surface area contributed by atoms with Gasteiger partial charge in [0, 0.05) is 22.9 Å². The molecule has 2 aliphatic rings. The van der Waals surface area contributed by atoms with Crippen molar-refractivity contribution in [3.05, 3.63) is 34.3 Å². The lowest BCUT2D eigenvalue weighted by atomic mass is 10.0. The quantitative estimate of drug-likeness (QED) is 0.814. The molecule has 2 saturated heterocycles. The minimum absolute atomic E-state index is 0.950. The van der Waals surface area contributed by atoms with E-state index in [1.165, 1.54) is 81.3 Å². The third-order valence-electron chi connectivity index (χ3n) is 5.41. The fourth-order valence-electron chi connectivity index (χ4n) is 4.11. The summed E-state index contributed by atoms with van der Waals surface area (Å²) in [6.07, 6.45) is 8.70. The van der Waals surface area contributed by atoms with Gasteiger partial charge in [-0.2, -0.15) is 0 Å². The highest BCUT2D eigenvalue weighted by Gasteiger charge is 2.30. The van der Waals surface area contributed by atoms with Gasteiger partial charge in [0.05, 0.1) is 32.2 Å². The first kappa shape index (κ1) is 15.5. The van der Waals surface area contributed by atoms with Gasteiger partial charge in [-0.05, 0) is 31.7 Å². The maximum absolute atomic E-state index is 3.69. The zero-order valence-corrected chi connectivity index (χ0v) is 14.6. The van der Waals surface area contributed by atoms with E-state index in [9.17, 15) is 0 Å². The van der Waals surface area contributed by atoms with E-state index in [0.717, 1.165) is 6.04 Å². The molecule has 3 rings (SSSR count). The first-order chi connectivity index (χ1) is 10.3. The molecule has 2 aliphatic heterocycles. The summed E-state index contributed by atoms with van der Waals surface area (Å²) in [5.41, 5.74) is 1.47. The molecule has 116 valence electrons. The normalized spacial score (nSPS) is 28.2. The molecule has 0 atom stereocenters. The van der Waals surface area contributed by atoms with Crippen molar-refractivity contribution in [2.24, 2.45) is 0 Å². The van der Waals surface area contributed by atoms with Gasteiger partial charge in [0.15, 0.2) is 0 Å². The second-order valence-corrected chi connectivity index (χ2v) is 7.72. The Morgan fingerprint density at radius 1 is 0.905 bits per heavy atom. The standard InChI is InChI=1S/C18H27BrN2/c19-18-8-4-3-7-16(18)15-20-13-9-17(10-14-20)21-11-5-1-2-6-12-21/h3-4,7-8,17H,1-2,5-6,9-15H2/p+2. The summed E-state index contributed by atoms with van der Waals surface area (Å²) >= 11 is 3.69. The highest BCUT2D eigenvalue weighted by Crippen LogP contribution is 2.14. The molecule has 0 saturated carbocycles. The molecule has 0 radical (unpaired) electrons.